The molecule has 3 amide bonds. The van der Waals surface area contributed by atoms with E-state index in [1.807, 2.05) is 80.6 Å². The lowest BCUT2D eigenvalue weighted by atomic mass is 10.1. The van der Waals surface area contributed by atoms with Crippen molar-refractivity contribution in [2.75, 3.05) is 19.0 Å². The van der Waals surface area contributed by atoms with E-state index in [9.17, 15) is 14.4 Å². The zero-order valence-electron chi connectivity index (χ0n) is 20.6. The van der Waals surface area contributed by atoms with Crippen molar-refractivity contribution >= 4 is 51.4 Å². The van der Waals surface area contributed by atoms with Gasteiger partial charge in [0.1, 0.15) is 12.3 Å². The van der Waals surface area contributed by atoms with Gasteiger partial charge in [0.15, 0.2) is 0 Å². The summed E-state index contributed by atoms with van der Waals surface area (Å²) >= 11 is 0.845. The summed E-state index contributed by atoms with van der Waals surface area (Å²) in [6, 6.07) is 23.0. The van der Waals surface area contributed by atoms with Gasteiger partial charge in [0.2, 0.25) is 5.91 Å². The van der Waals surface area contributed by atoms with E-state index < -0.39 is 17.1 Å². The van der Waals surface area contributed by atoms with E-state index >= 15 is 0 Å². The van der Waals surface area contributed by atoms with E-state index in [4.69, 9.17) is 4.74 Å². The molecule has 0 radical (unpaired) electrons. The van der Waals surface area contributed by atoms with Gasteiger partial charge in [0.05, 0.1) is 12.0 Å². The number of amides is 3. The minimum absolute atomic E-state index is 0.290. The fourth-order valence-electron chi connectivity index (χ4n) is 4.51. The van der Waals surface area contributed by atoms with Crippen LogP contribution in [0.2, 0.25) is 0 Å². The Kier molecular flexibility index (Phi) is 6.58. The second kappa shape index (κ2) is 9.99. The number of benzene rings is 3. The second-order valence-corrected chi connectivity index (χ2v) is 9.70. The Labute approximate surface area is 218 Å². The number of nitrogens with one attached hydrogen (secondary N) is 1. The quantitative estimate of drug-likeness (QED) is 0.325. The fraction of sp³-hybridized carbons (Fsp3) is 0.138. The number of carbonyl (C=O) groups excluding carboxylic acids is 3. The Bertz CT molecular complexity index is 1560. The summed E-state index contributed by atoms with van der Waals surface area (Å²) in [7, 11) is 1.62. The number of hydrogen-bond acceptors (Lipinski definition) is 5. The molecule has 1 aromatic heterocycles. The van der Waals surface area contributed by atoms with Crippen molar-refractivity contribution in [1.82, 2.24) is 9.47 Å². The lowest BCUT2D eigenvalue weighted by Gasteiger charge is -2.13. The number of hydrogen-bond donors (Lipinski definition) is 1. The van der Waals surface area contributed by atoms with Gasteiger partial charge in [-0.3, -0.25) is 19.3 Å². The van der Waals surface area contributed by atoms with E-state index in [2.05, 4.69) is 9.88 Å². The van der Waals surface area contributed by atoms with Crippen LogP contribution in [0.1, 0.15) is 17.0 Å². The van der Waals surface area contributed by atoms with Crippen LogP contribution in [0.3, 0.4) is 0 Å². The van der Waals surface area contributed by atoms with Crippen LogP contribution < -0.4 is 10.1 Å². The highest BCUT2D eigenvalue weighted by molar-refractivity contribution is 8.18. The highest BCUT2D eigenvalue weighted by atomic mass is 32.2. The lowest BCUT2D eigenvalue weighted by molar-refractivity contribution is -0.127. The number of aryl methyl sites for hydroxylation is 1. The Morgan fingerprint density at radius 1 is 1.00 bits per heavy atom. The predicted octanol–water partition coefficient (Wildman–Crippen LogP) is 5.93. The molecule has 37 heavy (non-hydrogen) atoms. The maximum absolute atomic E-state index is 13.1. The van der Waals surface area contributed by atoms with Crippen molar-refractivity contribution in [2.24, 2.45) is 0 Å². The molecule has 1 aliphatic heterocycles. The van der Waals surface area contributed by atoms with Gasteiger partial charge < -0.3 is 14.6 Å². The van der Waals surface area contributed by atoms with E-state index in [1.54, 1.807) is 19.3 Å². The summed E-state index contributed by atoms with van der Waals surface area (Å²) in [6.07, 6.45) is 1.72. The molecule has 0 spiro atoms. The van der Waals surface area contributed by atoms with Gasteiger partial charge >= 0.3 is 0 Å². The van der Waals surface area contributed by atoms with Crippen LogP contribution >= 0.6 is 11.8 Å². The molecule has 1 fully saturated rings. The second-order valence-electron chi connectivity index (χ2n) is 8.70. The lowest BCUT2D eigenvalue weighted by Crippen LogP contribution is -2.36. The predicted molar refractivity (Wildman–Crippen MR) is 147 cm³/mol. The molecular weight excluding hydrogens is 486 g/mol. The van der Waals surface area contributed by atoms with Crippen molar-refractivity contribution in [3.05, 3.63) is 94.7 Å². The minimum Gasteiger partial charge on any atom is -0.497 e. The zero-order valence-corrected chi connectivity index (χ0v) is 21.5. The molecule has 4 aromatic rings. The van der Waals surface area contributed by atoms with E-state index in [-0.39, 0.29) is 11.4 Å². The van der Waals surface area contributed by atoms with Crippen LogP contribution in [0, 0.1) is 13.8 Å². The molecule has 8 heteroatoms. The van der Waals surface area contributed by atoms with Gasteiger partial charge in [-0.15, -0.1) is 0 Å². The third kappa shape index (κ3) is 4.75. The molecule has 1 N–H and O–H groups in total. The fourth-order valence-corrected chi connectivity index (χ4v) is 5.34. The van der Waals surface area contributed by atoms with Gasteiger partial charge in [-0.2, -0.15) is 0 Å². The third-order valence-corrected chi connectivity index (χ3v) is 7.23. The van der Waals surface area contributed by atoms with Crippen molar-refractivity contribution in [2.45, 2.75) is 13.8 Å². The molecular formula is C29H25N3O4S. The number of rotatable bonds is 6. The molecule has 0 atom stereocenters. The smallest absolute Gasteiger partial charge is 0.294 e. The molecule has 3 aromatic carbocycles. The van der Waals surface area contributed by atoms with Gasteiger partial charge in [0, 0.05) is 28.1 Å². The summed E-state index contributed by atoms with van der Waals surface area (Å²) in [5.74, 6) is -0.139. The molecule has 0 unspecified atom stereocenters. The van der Waals surface area contributed by atoms with Gasteiger partial charge in [-0.25, -0.2) is 0 Å². The first kappa shape index (κ1) is 24.4. The summed E-state index contributed by atoms with van der Waals surface area (Å²) in [6.45, 7) is 3.60. The van der Waals surface area contributed by atoms with Crippen molar-refractivity contribution < 1.29 is 19.1 Å². The molecule has 0 saturated carbocycles. The Hall–Kier alpha value is -4.30. The number of imide groups is 1. The van der Waals surface area contributed by atoms with Crippen LogP contribution in [0.25, 0.3) is 22.5 Å². The molecule has 186 valence electrons. The first-order chi connectivity index (χ1) is 17.9. The monoisotopic (exact) mass is 511 g/mol. The van der Waals surface area contributed by atoms with E-state index in [0.29, 0.717) is 5.69 Å². The Balaban J connectivity index is 1.34. The number of aromatic nitrogens is 1. The standard InChI is InChI=1S/C29H25N3O4S/c1-18-15-21(19(2)32(18)22-11-13-23(36-3)14-12-22)16-26-28(34)31(29(35)37-26)17-27(33)30-25-10-6-8-20-7-4-5-9-24(20)25/h4-16H,17H2,1-3H3,(H,30,33)/b26-16-. The average Bonchev–Trinajstić information content (AvgIpc) is 3.33. The molecule has 1 saturated heterocycles. The largest absolute Gasteiger partial charge is 0.497 e. The van der Waals surface area contributed by atoms with Crippen molar-refractivity contribution in [1.29, 1.82) is 0 Å². The zero-order chi connectivity index (χ0) is 26.1. The van der Waals surface area contributed by atoms with Gasteiger partial charge in [0.25, 0.3) is 11.1 Å². The highest BCUT2D eigenvalue weighted by Gasteiger charge is 2.36. The number of anilines is 1. The minimum atomic E-state index is -0.475. The molecule has 0 aliphatic carbocycles. The van der Waals surface area contributed by atoms with Crippen molar-refractivity contribution in [3.63, 3.8) is 0 Å². The third-order valence-electron chi connectivity index (χ3n) is 6.33. The number of nitrogens with zero attached hydrogens (tertiary/aromatic N) is 2. The Morgan fingerprint density at radius 2 is 1.73 bits per heavy atom. The summed E-state index contributed by atoms with van der Waals surface area (Å²) in [4.78, 5) is 39.8. The topological polar surface area (TPSA) is 80.6 Å². The maximum atomic E-state index is 13.1. The highest BCUT2D eigenvalue weighted by Crippen LogP contribution is 2.34. The van der Waals surface area contributed by atoms with Crippen molar-refractivity contribution in [3.8, 4) is 11.4 Å². The normalized spacial score (nSPS) is 14.6. The van der Waals surface area contributed by atoms with E-state index in [1.165, 1.54) is 0 Å². The number of methoxy groups -OCH3 is 1. The molecule has 7 nitrogen and oxygen atoms in total. The average molecular weight is 512 g/mol. The SMILES string of the molecule is COc1ccc(-n2c(C)cc(/C=C3\SC(=O)N(CC(=O)Nc4cccc5ccccc45)C3=O)c2C)cc1. The van der Waals surface area contributed by atoms with Crippen LogP contribution in [0.5, 0.6) is 5.75 Å². The van der Waals surface area contributed by atoms with Crippen LogP contribution in [-0.4, -0.2) is 40.2 Å². The molecule has 1 aliphatic rings. The van der Waals surface area contributed by atoms with Gasteiger partial charge in [-0.1, -0.05) is 36.4 Å². The maximum Gasteiger partial charge on any atom is 0.294 e. The number of carbonyl (C=O) groups is 3. The Morgan fingerprint density at radius 3 is 2.49 bits per heavy atom. The summed E-state index contributed by atoms with van der Waals surface area (Å²) < 4.78 is 7.32. The first-order valence-electron chi connectivity index (χ1n) is 11.7. The molecule has 5 rings (SSSR count). The number of ether oxygens (including phenoxy) is 1. The van der Waals surface area contributed by atoms with Crippen LogP contribution in [0.4, 0.5) is 10.5 Å². The molecule has 2 heterocycles. The van der Waals surface area contributed by atoms with Crippen LogP contribution in [-0.2, 0) is 9.59 Å². The molecule has 0 bridgehead atoms. The first-order valence-corrected chi connectivity index (χ1v) is 12.5. The van der Waals surface area contributed by atoms with Crippen LogP contribution in [0.15, 0.2) is 77.7 Å². The number of thioether (sulfide) groups is 1. The summed E-state index contributed by atoms with van der Waals surface area (Å²) in [5, 5.41) is 4.25. The van der Waals surface area contributed by atoms with E-state index in [0.717, 1.165) is 55.8 Å². The van der Waals surface area contributed by atoms with Gasteiger partial charge in [-0.05, 0) is 79.0 Å². The summed E-state index contributed by atoms with van der Waals surface area (Å²) in [5.41, 5.74) is 4.36. The number of fused-ring (bicyclic) bond motifs is 1.